The Morgan fingerprint density at radius 1 is 1.14 bits per heavy atom. The van der Waals surface area contributed by atoms with Gasteiger partial charge in [-0.15, -0.1) is 0 Å². The second kappa shape index (κ2) is 7.00. The van der Waals surface area contributed by atoms with Crippen molar-refractivity contribution in [2.24, 2.45) is 0 Å². The molecule has 2 N–H and O–H groups in total. The summed E-state index contributed by atoms with van der Waals surface area (Å²) in [7, 11) is 1.56. The molecule has 0 fully saturated rings. The molecule has 0 amide bonds. The zero-order chi connectivity index (χ0) is 16.1. The Kier molecular flexibility index (Phi) is 5.06. The Hall–Kier alpha value is -2.47. The van der Waals surface area contributed by atoms with Gasteiger partial charge in [0.2, 0.25) is 0 Å². The molecular formula is C16H14O5S. The van der Waals surface area contributed by atoms with Crippen LogP contribution in [0.1, 0.15) is 15.9 Å². The van der Waals surface area contributed by atoms with Crippen LogP contribution in [0.4, 0.5) is 0 Å². The highest BCUT2D eigenvalue weighted by atomic mass is 32.2. The molecule has 0 heterocycles. The summed E-state index contributed by atoms with van der Waals surface area (Å²) in [5.41, 5.74) is 0.699. The minimum atomic E-state index is -1.05. The van der Waals surface area contributed by atoms with E-state index < -0.39 is 11.9 Å². The Bertz CT molecular complexity index is 711. The average molecular weight is 318 g/mol. The summed E-state index contributed by atoms with van der Waals surface area (Å²) in [4.78, 5) is 23.5. The molecule has 0 unspecified atom stereocenters. The van der Waals surface area contributed by atoms with E-state index in [1.807, 2.05) is 18.2 Å². The third-order valence-corrected chi connectivity index (χ3v) is 4.01. The molecular weight excluding hydrogens is 304 g/mol. The number of carboxylic acids is 2. The lowest BCUT2D eigenvalue weighted by Crippen LogP contribution is -2.03. The maximum atomic E-state index is 11.1. The van der Waals surface area contributed by atoms with Crippen LogP contribution >= 0.6 is 11.8 Å². The SMILES string of the molecule is COc1cccc(Sc2cc(C(=O)O)ccc2CC(=O)O)c1. The highest BCUT2D eigenvalue weighted by Gasteiger charge is 2.12. The van der Waals surface area contributed by atoms with Crippen molar-refractivity contribution in [2.75, 3.05) is 7.11 Å². The van der Waals surface area contributed by atoms with Crippen LogP contribution in [0.2, 0.25) is 0 Å². The quantitative estimate of drug-likeness (QED) is 0.851. The predicted molar refractivity (Wildman–Crippen MR) is 81.9 cm³/mol. The van der Waals surface area contributed by atoms with Gasteiger partial charge < -0.3 is 14.9 Å². The topological polar surface area (TPSA) is 83.8 Å². The van der Waals surface area contributed by atoms with E-state index in [1.165, 1.54) is 23.9 Å². The van der Waals surface area contributed by atoms with Gasteiger partial charge in [-0.3, -0.25) is 4.79 Å². The number of benzene rings is 2. The van der Waals surface area contributed by atoms with Crippen molar-refractivity contribution in [2.45, 2.75) is 16.2 Å². The van der Waals surface area contributed by atoms with Crippen LogP contribution in [0, 0.1) is 0 Å². The highest BCUT2D eigenvalue weighted by Crippen LogP contribution is 2.33. The second-order valence-electron chi connectivity index (χ2n) is 4.48. The summed E-state index contributed by atoms with van der Waals surface area (Å²) in [5.74, 6) is -1.33. The highest BCUT2D eigenvalue weighted by molar-refractivity contribution is 7.99. The normalized spacial score (nSPS) is 10.2. The molecule has 5 nitrogen and oxygen atoms in total. The van der Waals surface area contributed by atoms with Gasteiger partial charge >= 0.3 is 11.9 Å². The summed E-state index contributed by atoms with van der Waals surface area (Å²) in [5, 5.41) is 18.1. The number of hydrogen-bond acceptors (Lipinski definition) is 4. The molecule has 2 aromatic carbocycles. The molecule has 0 radical (unpaired) electrons. The van der Waals surface area contributed by atoms with Gasteiger partial charge in [-0.2, -0.15) is 0 Å². The maximum Gasteiger partial charge on any atom is 0.335 e. The van der Waals surface area contributed by atoms with Crippen LogP contribution in [0.15, 0.2) is 52.3 Å². The number of carboxylic acid groups (broad SMARTS) is 2. The fourth-order valence-corrected chi connectivity index (χ4v) is 2.92. The monoisotopic (exact) mass is 318 g/mol. The first-order chi connectivity index (χ1) is 10.5. The van der Waals surface area contributed by atoms with Gasteiger partial charge in [-0.25, -0.2) is 4.79 Å². The molecule has 0 saturated heterocycles. The van der Waals surface area contributed by atoms with E-state index >= 15 is 0 Å². The lowest BCUT2D eigenvalue weighted by Gasteiger charge is -2.10. The number of aromatic carboxylic acids is 1. The molecule has 2 rings (SSSR count). The number of carbonyl (C=O) groups is 2. The third kappa shape index (κ3) is 4.02. The van der Waals surface area contributed by atoms with Crippen molar-refractivity contribution in [3.05, 3.63) is 53.6 Å². The molecule has 6 heteroatoms. The Balaban J connectivity index is 2.38. The zero-order valence-corrected chi connectivity index (χ0v) is 12.6. The third-order valence-electron chi connectivity index (χ3n) is 2.92. The van der Waals surface area contributed by atoms with Crippen LogP contribution in [-0.4, -0.2) is 29.3 Å². The summed E-state index contributed by atoms with van der Waals surface area (Å²) in [6, 6.07) is 11.7. The van der Waals surface area contributed by atoms with Crippen molar-refractivity contribution in [1.29, 1.82) is 0 Å². The van der Waals surface area contributed by atoms with Gasteiger partial charge in [0.05, 0.1) is 19.1 Å². The lowest BCUT2D eigenvalue weighted by molar-refractivity contribution is -0.136. The molecule has 22 heavy (non-hydrogen) atoms. The van der Waals surface area contributed by atoms with Crippen LogP contribution < -0.4 is 4.74 Å². The fraction of sp³-hybridized carbons (Fsp3) is 0.125. The summed E-state index contributed by atoms with van der Waals surface area (Å²) >= 11 is 1.31. The first-order valence-corrected chi connectivity index (χ1v) is 7.21. The van der Waals surface area contributed by atoms with Crippen molar-refractivity contribution >= 4 is 23.7 Å². The van der Waals surface area contributed by atoms with Crippen molar-refractivity contribution in [1.82, 2.24) is 0 Å². The van der Waals surface area contributed by atoms with Crippen molar-refractivity contribution in [3.63, 3.8) is 0 Å². The minimum absolute atomic E-state index is 0.125. The lowest BCUT2D eigenvalue weighted by atomic mass is 10.1. The van der Waals surface area contributed by atoms with Crippen LogP contribution in [0.3, 0.4) is 0 Å². The van der Waals surface area contributed by atoms with E-state index in [0.717, 1.165) is 4.90 Å². The Morgan fingerprint density at radius 2 is 1.91 bits per heavy atom. The van der Waals surface area contributed by atoms with Crippen LogP contribution in [-0.2, 0) is 11.2 Å². The standard InChI is InChI=1S/C16H14O5S/c1-21-12-3-2-4-13(9-12)22-14-7-11(16(19)20)6-5-10(14)8-15(17)18/h2-7,9H,8H2,1H3,(H,17,18)(H,19,20). The molecule has 0 spiro atoms. The van der Waals surface area contributed by atoms with Gasteiger partial charge in [0, 0.05) is 9.79 Å². The number of ether oxygens (including phenoxy) is 1. The molecule has 0 aromatic heterocycles. The Labute approximate surface area is 131 Å². The smallest absolute Gasteiger partial charge is 0.335 e. The zero-order valence-electron chi connectivity index (χ0n) is 11.8. The second-order valence-corrected chi connectivity index (χ2v) is 5.59. The molecule has 0 aliphatic heterocycles. The molecule has 0 bridgehead atoms. The first kappa shape index (κ1) is 15.9. The number of aliphatic carboxylic acids is 1. The van der Waals surface area contributed by atoms with Crippen LogP contribution in [0.5, 0.6) is 5.75 Å². The molecule has 0 aliphatic rings. The van der Waals surface area contributed by atoms with Crippen molar-refractivity contribution < 1.29 is 24.5 Å². The van der Waals surface area contributed by atoms with E-state index in [2.05, 4.69) is 0 Å². The number of methoxy groups -OCH3 is 1. The van der Waals surface area contributed by atoms with Gasteiger partial charge in [0.15, 0.2) is 0 Å². The van der Waals surface area contributed by atoms with E-state index in [1.54, 1.807) is 19.2 Å². The molecule has 2 aromatic rings. The van der Waals surface area contributed by atoms with Gasteiger partial charge in [-0.05, 0) is 35.9 Å². The average Bonchev–Trinajstić information content (AvgIpc) is 2.48. The molecule has 0 atom stereocenters. The van der Waals surface area contributed by atoms with Crippen molar-refractivity contribution in [3.8, 4) is 5.75 Å². The van der Waals surface area contributed by atoms with E-state index in [9.17, 15) is 9.59 Å². The molecule has 0 aliphatic carbocycles. The minimum Gasteiger partial charge on any atom is -0.497 e. The van der Waals surface area contributed by atoms with E-state index in [-0.39, 0.29) is 12.0 Å². The number of rotatable bonds is 6. The Morgan fingerprint density at radius 3 is 2.55 bits per heavy atom. The van der Waals surface area contributed by atoms with Gasteiger partial charge in [0.25, 0.3) is 0 Å². The molecule has 114 valence electrons. The fourth-order valence-electron chi connectivity index (χ4n) is 1.88. The predicted octanol–water partition coefficient (Wildman–Crippen LogP) is 3.17. The summed E-state index contributed by atoms with van der Waals surface area (Å²) in [6.45, 7) is 0. The van der Waals surface area contributed by atoms with E-state index in [4.69, 9.17) is 14.9 Å². The van der Waals surface area contributed by atoms with Crippen LogP contribution in [0.25, 0.3) is 0 Å². The van der Waals surface area contributed by atoms with E-state index in [0.29, 0.717) is 16.2 Å². The summed E-state index contributed by atoms with van der Waals surface area (Å²) < 4.78 is 5.15. The largest absolute Gasteiger partial charge is 0.497 e. The number of hydrogen-bond donors (Lipinski definition) is 2. The van der Waals surface area contributed by atoms with Gasteiger partial charge in [-0.1, -0.05) is 23.9 Å². The maximum absolute atomic E-state index is 11.1. The summed E-state index contributed by atoms with van der Waals surface area (Å²) in [6.07, 6.45) is -0.161. The molecule has 0 saturated carbocycles. The first-order valence-electron chi connectivity index (χ1n) is 6.39. The van der Waals surface area contributed by atoms with Gasteiger partial charge in [0.1, 0.15) is 5.75 Å².